The number of ether oxygens (including phenoxy) is 1. The van der Waals surface area contributed by atoms with Gasteiger partial charge in [0.15, 0.2) is 0 Å². The zero-order valence-electron chi connectivity index (χ0n) is 11.4. The van der Waals surface area contributed by atoms with Crippen molar-refractivity contribution in [1.29, 1.82) is 0 Å². The summed E-state index contributed by atoms with van der Waals surface area (Å²) in [5.74, 6) is 0.870. The molecule has 0 saturated heterocycles. The second kappa shape index (κ2) is 6.74. The second-order valence-electron chi connectivity index (χ2n) is 4.59. The second-order valence-corrected chi connectivity index (χ2v) is 4.59. The SMILES string of the molecule is COc1ccc(C=N[C@@H](C)Cc2ccccc2)cc1. The molecule has 0 N–H and O–H groups in total. The molecule has 0 spiro atoms. The summed E-state index contributed by atoms with van der Waals surface area (Å²) in [5.41, 5.74) is 2.42. The first kappa shape index (κ1) is 13.3. The highest BCUT2D eigenvalue weighted by Crippen LogP contribution is 2.10. The minimum atomic E-state index is 0.282. The van der Waals surface area contributed by atoms with E-state index in [1.165, 1.54) is 5.56 Å². The maximum atomic E-state index is 5.13. The van der Waals surface area contributed by atoms with Crippen LogP contribution in [0.1, 0.15) is 18.1 Å². The number of benzene rings is 2. The van der Waals surface area contributed by atoms with Gasteiger partial charge in [-0.2, -0.15) is 0 Å². The third kappa shape index (κ3) is 4.25. The van der Waals surface area contributed by atoms with Crippen molar-refractivity contribution in [2.45, 2.75) is 19.4 Å². The largest absolute Gasteiger partial charge is 0.497 e. The summed E-state index contributed by atoms with van der Waals surface area (Å²) >= 11 is 0. The zero-order valence-corrected chi connectivity index (χ0v) is 11.4. The van der Waals surface area contributed by atoms with Crippen LogP contribution >= 0.6 is 0 Å². The van der Waals surface area contributed by atoms with Gasteiger partial charge in [0.2, 0.25) is 0 Å². The third-order valence-corrected chi connectivity index (χ3v) is 2.97. The normalized spacial score (nSPS) is 12.5. The molecule has 0 amide bonds. The molecule has 0 aliphatic heterocycles. The van der Waals surface area contributed by atoms with E-state index in [-0.39, 0.29) is 6.04 Å². The van der Waals surface area contributed by atoms with Gasteiger partial charge in [0.25, 0.3) is 0 Å². The van der Waals surface area contributed by atoms with E-state index in [4.69, 9.17) is 4.74 Å². The van der Waals surface area contributed by atoms with E-state index in [9.17, 15) is 0 Å². The lowest BCUT2D eigenvalue weighted by Crippen LogP contribution is -2.03. The molecule has 1 atom stereocenters. The summed E-state index contributed by atoms with van der Waals surface area (Å²) in [5, 5.41) is 0. The molecule has 0 heterocycles. The van der Waals surface area contributed by atoms with Crippen LogP contribution in [0.5, 0.6) is 5.75 Å². The lowest BCUT2D eigenvalue weighted by molar-refractivity contribution is 0.415. The Kier molecular flexibility index (Phi) is 4.73. The Balaban J connectivity index is 1.94. The van der Waals surface area contributed by atoms with E-state index in [1.54, 1.807) is 7.11 Å². The van der Waals surface area contributed by atoms with Crippen LogP contribution < -0.4 is 4.74 Å². The van der Waals surface area contributed by atoms with E-state index >= 15 is 0 Å². The molecular weight excluding hydrogens is 234 g/mol. The van der Waals surface area contributed by atoms with Crippen LogP contribution in [0, 0.1) is 0 Å². The fourth-order valence-corrected chi connectivity index (χ4v) is 1.91. The van der Waals surface area contributed by atoms with Crippen molar-refractivity contribution in [3.63, 3.8) is 0 Å². The number of aliphatic imine (C=N–C) groups is 1. The lowest BCUT2D eigenvalue weighted by atomic mass is 10.1. The summed E-state index contributed by atoms with van der Waals surface area (Å²) < 4.78 is 5.13. The fraction of sp³-hybridized carbons (Fsp3) is 0.235. The maximum Gasteiger partial charge on any atom is 0.118 e. The molecule has 0 unspecified atom stereocenters. The quantitative estimate of drug-likeness (QED) is 0.744. The number of rotatable bonds is 5. The van der Waals surface area contributed by atoms with Crippen LogP contribution in [-0.2, 0) is 6.42 Å². The molecule has 2 aromatic rings. The van der Waals surface area contributed by atoms with Crippen molar-refractivity contribution in [2.75, 3.05) is 7.11 Å². The number of methoxy groups -OCH3 is 1. The first-order valence-corrected chi connectivity index (χ1v) is 6.49. The van der Waals surface area contributed by atoms with Gasteiger partial charge in [0, 0.05) is 6.21 Å². The highest BCUT2D eigenvalue weighted by molar-refractivity contribution is 5.79. The zero-order chi connectivity index (χ0) is 13.5. The van der Waals surface area contributed by atoms with E-state index in [0.29, 0.717) is 0 Å². The summed E-state index contributed by atoms with van der Waals surface area (Å²) in [4.78, 5) is 4.58. The molecule has 0 saturated carbocycles. The topological polar surface area (TPSA) is 21.6 Å². The summed E-state index contributed by atoms with van der Waals surface area (Å²) in [6, 6.07) is 18.6. The van der Waals surface area contributed by atoms with Crippen LogP contribution in [-0.4, -0.2) is 19.4 Å². The van der Waals surface area contributed by atoms with Crippen molar-refractivity contribution in [3.05, 3.63) is 65.7 Å². The lowest BCUT2D eigenvalue weighted by Gasteiger charge is -2.06. The van der Waals surface area contributed by atoms with Crippen LogP contribution in [0.15, 0.2) is 59.6 Å². The summed E-state index contributed by atoms with van der Waals surface area (Å²) in [7, 11) is 1.67. The van der Waals surface area contributed by atoms with Crippen molar-refractivity contribution in [1.82, 2.24) is 0 Å². The van der Waals surface area contributed by atoms with Gasteiger partial charge in [0.05, 0.1) is 13.2 Å². The fourth-order valence-electron chi connectivity index (χ4n) is 1.91. The molecule has 0 aliphatic carbocycles. The van der Waals surface area contributed by atoms with E-state index < -0.39 is 0 Å². The molecular formula is C17H19NO. The molecule has 2 aromatic carbocycles. The molecule has 0 fully saturated rings. The third-order valence-electron chi connectivity index (χ3n) is 2.97. The van der Waals surface area contributed by atoms with Crippen molar-refractivity contribution >= 4 is 6.21 Å². The van der Waals surface area contributed by atoms with Gasteiger partial charge in [-0.1, -0.05) is 30.3 Å². The van der Waals surface area contributed by atoms with E-state index in [1.807, 2.05) is 36.5 Å². The van der Waals surface area contributed by atoms with Gasteiger partial charge in [-0.05, 0) is 48.7 Å². The minimum absolute atomic E-state index is 0.282. The monoisotopic (exact) mass is 253 g/mol. The number of hydrogen-bond donors (Lipinski definition) is 0. The van der Waals surface area contributed by atoms with Crippen LogP contribution in [0.3, 0.4) is 0 Å². The first-order valence-electron chi connectivity index (χ1n) is 6.49. The highest BCUT2D eigenvalue weighted by atomic mass is 16.5. The average molecular weight is 253 g/mol. The van der Waals surface area contributed by atoms with Gasteiger partial charge >= 0.3 is 0 Å². The maximum absolute atomic E-state index is 5.13. The summed E-state index contributed by atoms with van der Waals surface area (Å²) in [6.07, 6.45) is 2.89. The van der Waals surface area contributed by atoms with Gasteiger partial charge in [-0.25, -0.2) is 0 Å². The summed E-state index contributed by atoms with van der Waals surface area (Å²) in [6.45, 7) is 2.13. The molecule has 0 bridgehead atoms. The van der Waals surface area contributed by atoms with Gasteiger partial charge in [-0.3, -0.25) is 4.99 Å². The van der Waals surface area contributed by atoms with Crippen molar-refractivity contribution in [3.8, 4) is 5.75 Å². The molecule has 98 valence electrons. The van der Waals surface area contributed by atoms with Crippen LogP contribution in [0.4, 0.5) is 0 Å². The molecule has 0 aliphatic rings. The first-order chi connectivity index (χ1) is 9.28. The molecule has 2 heteroatoms. The van der Waals surface area contributed by atoms with Crippen molar-refractivity contribution in [2.24, 2.45) is 4.99 Å². The molecule has 19 heavy (non-hydrogen) atoms. The predicted molar refractivity (Wildman–Crippen MR) is 80.2 cm³/mol. The Labute approximate surface area is 114 Å². The van der Waals surface area contributed by atoms with Gasteiger partial charge < -0.3 is 4.74 Å². The Morgan fingerprint density at radius 1 is 1.05 bits per heavy atom. The average Bonchev–Trinajstić information content (AvgIpc) is 2.47. The standard InChI is InChI=1S/C17H19NO/c1-14(12-15-6-4-3-5-7-15)18-13-16-8-10-17(19-2)11-9-16/h3-11,13-14H,12H2,1-2H3/t14-/m0/s1. The molecule has 2 nitrogen and oxygen atoms in total. The molecule has 0 radical (unpaired) electrons. The molecule has 0 aromatic heterocycles. The minimum Gasteiger partial charge on any atom is -0.497 e. The number of nitrogens with zero attached hydrogens (tertiary/aromatic N) is 1. The highest BCUT2D eigenvalue weighted by Gasteiger charge is 2.00. The Morgan fingerprint density at radius 2 is 1.74 bits per heavy atom. The van der Waals surface area contributed by atoms with Gasteiger partial charge in [-0.15, -0.1) is 0 Å². The van der Waals surface area contributed by atoms with Crippen LogP contribution in [0.25, 0.3) is 0 Å². The molecule has 2 rings (SSSR count). The predicted octanol–water partition coefficient (Wildman–Crippen LogP) is 3.75. The Bertz CT molecular complexity index is 517. The van der Waals surface area contributed by atoms with E-state index in [0.717, 1.165) is 17.7 Å². The Hall–Kier alpha value is -2.09. The number of hydrogen-bond acceptors (Lipinski definition) is 2. The van der Waals surface area contributed by atoms with Crippen LogP contribution in [0.2, 0.25) is 0 Å². The van der Waals surface area contributed by atoms with E-state index in [2.05, 4.69) is 36.2 Å². The Morgan fingerprint density at radius 3 is 2.37 bits per heavy atom. The van der Waals surface area contributed by atoms with Gasteiger partial charge in [0.1, 0.15) is 5.75 Å². The smallest absolute Gasteiger partial charge is 0.118 e. The van der Waals surface area contributed by atoms with Crippen molar-refractivity contribution < 1.29 is 4.74 Å².